The minimum Gasteiger partial charge on any atom is -0.350 e. The summed E-state index contributed by atoms with van der Waals surface area (Å²) in [5, 5.41) is 2.64. The molecule has 23 heavy (non-hydrogen) atoms. The number of amides is 2. The van der Waals surface area contributed by atoms with Crippen LogP contribution in [0.5, 0.6) is 0 Å². The molecule has 2 amide bonds. The molecule has 1 aliphatic heterocycles. The Labute approximate surface area is 141 Å². The van der Waals surface area contributed by atoms with Crippen LogP contribution in [-0.2, 0) is 10.0 Å². The van der Waals surface area contributed by atoms with Crippen LogP contribution >= 0.6 is 12.4 Å². The summed E-state index contributed by atoms with van der Waals surface area (Å²) in [6.07, 6.45) is 0. The molecule has 7 nitrogen and oxygen atoms in total. The number of halogens is 1. The highest BCUT2D eigenvalue weighted by atomic mass is 35.5. The Kier molecular flexibility index (Phi) is 5.45. The second-order valence-electron chi connectivity index (χ2n) is 5.86. The topological polar surface area (TPSA) is 110 Å². The minimum atomic E-state index is -3.87. The van der Waals surface area contributed by atoms with Crippen LogP contribution in [-0.4, -0.2) is 43.2 Å². The van der Waals surface area contributed by atoms with E-state index in [-0.39, 0.29) is 41.5 Å². The molecule has 1 heterocycles. The number of sulfonamides is 1. The van der Waals surface area contributed by atoms with Crippen molar-refractivity contribution >= 4 is 34.2 Å². The van der Waals surface area contributed by atoms with Gasteiger partial charge in [-0.1, -0.05) is 0 Å². The van der Waals surface area contributed by atoms with E-state index in [9.17, 15) is 18.0 Å². The van der Waals surface area contributed by atoms with Crippen LogP contribution < -0.4 is 11.1 Å². The average molecular weight is 362 g/mol. The Morgan fingerprint density at radius 1 is 1.35 bits per heavy atom. The summed E-state index contributed by atoms with van der Waals surface area (Å²) in [5.41, 5.74) is 5.48. The second kappa shape index (κ2) is 6.46. The van der Waals surface area contributed by atoms with Crippen molar-refractivity contribution in [2.75, 3.05) is 13.1 Å². The van der Waals surface area contributed by atoms with E-state index >= 15 is 0 Å². The van der Waals surface area contributed by atoms with Crippen molar-refractivity contribution in [1.29, 1.82) is 0 Å². The zero-order valence-corrected chi connectivity index (χ0v) is 14.8. The van der Waals surface area contributed by atoms with E-state index in [2.05, 4.69) is 5.32 Å². The van der Waals surface area contributed by atoms with Gasteiger partial charge < -0.3 is 11.1 Å². The number of carbonyl (C=O) groups excluding carboxylic acids is 2. The third kappa shape index (κ3) is 3.65. The number of nitrogens with zero attached hydrogens (tertiary/aromatic N) is 1. The average Bonchev–Trinajstić information content (AvgIpc) is 2.62. The van der Waals surface area contributed by atoms with Gasteiger partial charge in [-0.15, -0.1) is 12.4 Å². The number of rotatable bonds is 4. The van der Waals surface area contributed by atoms with E-state index in [1.54, 1.807) is 20.8 Å². The molecule has 3 N–H and O–H groups in total. The number of nitrogens with one attached hydrogen (secondary N) is 1. The molecule has 0 fully saturated rings. The molecule has 2 rings (SSSR count). The fraction of sp³-hybridized carbons (Fsp3) is 0.429. The van der Waals surface area contributed by atoms with E-state index in [0.717, 1.165) is 4.31 Å². The van der Waals surface area contributed by atoms with E-state index in [1.807, 2.05) is 0 Å². The Morgan fingerprint density at radius 2 is 1.96 bits per heavy atom. The van der Waals surface area contributed by atoms with E-state index in [1.165, 1.54) is 18.2 Å². The highest BCUT2D eigenvalue weighted by Gasteiger charge is 2.40. The van der Waals surface area contributed by atoms with Gasteiger partial charge in [-0.25, -0.2) is 12.7 Å². The van der Waals surface area contributed by atoms with Gasteiger partial charge in [0.05, 0.1) is 5.56 Å². The van der Waals surface area contributed by atoms with Crippen molar-refractivity contribution in [2.45, 2.75) is 31.2 Å². The summed E-state index contributed by atoms with van der Waals surface area (Å²) in [6, 6.07) is 4.04. The third-order valence-corrected chi connectivity index (χ3v) is 5.16. The van der Waals surface area contributed by atoms with Crippen LogP contribution in [0.2, 0.25) is 0 Å². The Bertz CT molecular complexity index is 741. The first-order chi connectivity index (χ1) is 10.1. The molecule has 0 spiro atoms. The molecule has 1 aromatic carbocycles. The van der Waals surface area contributed by atoms with Crippen molar-refractivity contribution in [3.63, 3.8) is 0 Å². The van der Waals surface area contributed by atoms with Gasteiger partial charge in [-0.3, -0.25) is 9.59 Å². The van der Waals surface area contributed by atoms with Crippen molar-refractivity contribution in [2.24, 2.45) is 5.73 Å². The summed E-state index contributed by atoms with van der Waals surface area (Å²) < 4.78 is 25.3. The third-order valence-electron chi connectivity index (χ3n) is 3.26. The van der Waals surface area contributed by atoms with Crippen LogP contribution in [0.1, 0.15) is 41.5 Å². The molecule has 1 aliphatic rings. The smallest absolute Gasteiger partial charge is 0.268 e. The van der Waals surface area contributed by atoms with Crippen molar-refractivity contribution in [3.05, 3.63) is 29.3 Å². The van der Waals surface area contributed by atoms with Crippen molar-refractivity contribution in [3.8, 4) is 0 Å². The fourth-order valence-corrected chi connectivity index (χ4v) is 3.74. The lowest BCUT2D eigenvalue weighted by atomic mass is 10.1. The van der Waals surface area contributed by atoms with Crippen molar-refractivity contribution in [1.82, 2.24) is 9.62 Å². The lowest BCUT2D eigenvalue weighted by molar-refractivity contribution is 0.0874. The normalized spacial score (nSPS) is 15.8. The Morgan fingerprint density at radius 3 is 2.48 bits per heavy atom. The first-order valence-corrected chi connectivity index (χ1v) is 8.30. The number of carbonyl (C=O) groups is 2. The number of benzene rings is 1. The predicted molar refractivity (Wildman–Crippen MR) is 88.2 cm³/mol. The van der Waals surface area contributed by atoms with Crippen LogP contribution in [0.3, 0.4) is 0 Å². The maximum Gasteiger partial charge on any atom is 0.268 e. The van der Waals surface area contributed by atoms with Gasteiger partial charge in [0.2, 0.25) is 0 Å². The van der Waals surface area contributed by atoms with Gasteiger partial charge >= 0.3 is 0 Å². The zero-order chi connectivity index (χ0) is 16.7. The maximum atomic E-state index is 12.3. The summed E-state index contributed by atoms with van der Waals surface area (Å²) in [5.74, 6) is -0.994. The van der Waals surface area contributed by atoms with Gasteiger partial charge in [-0.05, 0) is 39.0 Å². The Balaban J connectivity index is 0.00000264. The van der Waals surface area contributed by atoms with E-state index in [4.69, 9.17) is 5.73 Å². The highest BCUT2D eigenvalue weighted by molar-refractivity contribution is 7.90. The number of hydrogen-bond donors (Lipinski definition) is 2. The molecule has 0 aromatic heterocycles. The second-order valence-corrected chi connectivity index (χ2v) is 7.69. The molecule has 9 heteroatoms. The molecule has 128 valence electrons. The summed E-state index contributed by atoms with van der Waals surface area (Å²) in [4.78, 5) is 24.0. The molecule has 0 unspecified atom stereocenters. The van der Waals surface area contributed by atoms with Gasteiger partial charge in [0.15, 0.2) is 0 Å². The lowest BCUT2D eigenvalue weighted by Crippen LogP contribution is -2.45. The van der Waals surface area contributed by atoms with Gasteiger partial charge in [0.1, 0.15) is 4.90 Å². The summed E-state index contributed by atoms with van der Waals surface area (Å²) in [6.45, 7) is 5.41. The number of fused-ring (bicyclic) bond motifs is 1. The summed E-state index contributed by atoms with van der Waals surface area (Å²) in [7, 11) is -3.87. The first kappa shape index (κ1) is 19.4. The van der Waals surface area contributed by atoms with Crippen LogP contribution in [0, 0.1) is 0 Å². The number of nitrogens with two attached hydrogens (primary N) is 1. The maximum absolute atomic E-state index is 12.3. The van der Waals surface area contributed by atoms with Crippen LogP contribution in [0.15, 0.2) is 23.1 Å². The van der Waals surface area contributed by atoms with Gasteiger partial charge in [0, 0.05) is 24.2 Å². The molecule has 0 saturated carbocycles. The quantitative estimate of drug-likeness (QED) is 0.821. The predicted octanol–water partition coefficient (Wildman–Crippen LogP) is 0.740. The SMILES string of the molecule is CCN1C(=O)c2ccc(C(=O)NCC(C)(C)N)cc2S1(=O)=O.Cl. The Hall–Kier alpha value is -1.64. The van der Waals surface area contributed by atoms with E-state index in [0.29, 0.717) is 0 Å². The fourth-order valence-electron chi connectivity index (χ4n) is 2.14. The van der Waals surface area contributed by atoms with Gasteiger partial charge in [-0.2, -0.15) is 0 Å². The lowest BCUT2D eigenvalue weighted by Gasteiger charge is -2.18. The van der Waals surface area contributed by atoms with Crippen molar-refractivity contribution < 1.29 is 18.0 Å². The molecule has 0 radical (unpaired) electrons. The molecule has 0 aliphatic carbocycles. The molecule has 0 atom stereocenters. The molecular weight excluding hydrogens is 342 g/mol. The molecule has 1 aromatic rings. The molecule has 0 saturated heterocycles. The standard InChI is InChI=1S/C14H19N3O4S.ClH/c1-4-17-13(19)10-6-5-9(7-11(10)22(17,20)21)12(18)16-8-14(2,3)15;/h5-7H,4,8,15H2,1-3H3,(H,16,18);1H. The number of hydrogen-bond acceptors (Lipinski definition) is 5. The van der Waals surface area contributed by atoms with Crippen LogP contribution in [0.4, 0.5) is 0 Å². The highest BCUT2D eigenvalue weighted by Crippen LogP contribution is 2.30. The van der Waals surface area contributed by atoms with Crippen LogP contribution in [0.25, 0.3) is 0 Å². The largest absolute Gasteiger partial charge is 0.350 e. The first-order valence-electron chi connectivity index (χ1n) is 6.86. The molecule has 0 bridgehead atoms. The minimum absolute atomic E-state index is 0. The monoisotopic (exact) mass is 361 g/mol. The van der Waals surface area contributed by atoms with E-state index < -0.39 is 27.4 Å². The molecular formula is C14H20ClN3O4S. The zero-order valence-electron chi connectivity index (χ0n) is 13.1. The van der Waals surface area contributed by atoms with Gasteiger partial charge in [0.25, 0.3) is 21.8 Å². The summed E-state index contributed by atoms with van der Waals surface area (Å²) >= 11 is 0.